The minimum Gasteiger partial charge on any atom is -0.343 e. The van der Waals surface area contributed by atoms with E-state index in [4.69, 9.17) is 4.98 Å². The number of carbonyl (C=O) groups excluding carboxylic acids is 1. The first-order chi connectivity index (χ1) is 13.7. The second-order valence-corrected chi connectivity index (χ2v) is 7.93. The highest BCUT2D eigenvalue weighted by atomic mass is 16.2. The lowest BCUT2D eigenvalue weighted by Gasteiger charge is -2.32. The number of aromatic nitrogens is 4. The van der Waals surface area contributed by atoms with Crippen LogP contribution in [0.25, 0.3) is 11.3 Å². The third kappa shape index (κ3) is 4.16. The molecule has 0 unspecified atom stereocenters. The molecule has 0 spiro atoms. The lowest BCUT2D eigenvalue weighted by Crippen LogP contribution is -2.38. The average molecular weight is 380 g/mol. The summed E-state index contributed by atoms with van der Waals surface area (Å²) in [4.78, 5) is 23.7. The van der Waals surface area contributed by atoms with Crippen molar-refractivity contribution in [3.63, 3.8) is 0 Å². The van der Waals surface area contributed by atoms with E-state index in [-0.39, 0.29) is 0 Å². The molecular weight excluding hydrogens is 350 g/mol. The van der Waals surface area contributed by atoms with Gasteiger partial charge in [0.15, 0.2) is 0 Å². The zero-order valence-corrected chi connectivity index (χ0v) is 16.6. The highest BCUT2D eigenvalue weighted by Gasteiger charge is 2.28. The van der Waals surface area contributed by atoms with E-state index in [1.54, 1.807) is 0 Å². The first kappa shape index (κ1) is 18.8. The molecule has 28 heavy (non-hydrogen) atoms. The van der Waals surface area contributed by atoms with Crippen LogP contribution in [0.15, 0.2) is 30.6 Å². The van der Waals surface area contributed by atoms with Crippen LogP contribution < -0.4 is 0 Å². The van der Waals surface area contributed by atoms with Gasteiger partial charge in [0.25, 0.3) is 0 Å². The maximum Gasteiger partial charge on any atom is 0.223 e. The molecule has 3 heterocycles. The maximum atomic E-state index is 12.6. The summed E-state index contributed by atoms with van der Waals surface area (Å²) in [5, 5.41) is 7.50. The fraction of sp³-hybridized carbons (Fsp3) is 0.545. The van der Waals surface area contributed by atoms with Crippen molar-refractivity contribution in [1.29, 1.82) is 0 Å². The molecule has 0 radical (unpaired) electrons. The summed E-state index contributed by atoms with van der Waals surface area (Å²) in [6.45, 7) is 3.78. The SMILES string of the molecule is CCCc1nccc(-c2cn[nH]c2C2CCN(C(=O)C[C@@H]3C=CCC3)CC2)n1. The molecule has 1 aliphatic heterocycles. The smallest absolute Gasteiger partial charge is 0.223 e. The van der Waals surface area contributed by atoms with Crippen molar-refractivity contribution in [1.82, 2.24) is 25.1 Å². The topological polar surface area (TPSA) is 74.8 Å². The lowest BCUT2D eigenvalue weighted by atomic mass is 9.90. The molecule has 0 saturated carbocycles. The zero-order valence-electron chi connectivity index (χ0n) is 16.6. The van der Waals surface area contributed by atoms with E-state index < -0.39 is 0 Å². The molecule has 0 bridgehead atoms. The van der Waals surface area contributed by atoms with Crippen molar-refractivity contribution < 1.29 is 4.79 Å². The van der Waals surface area contributed by atoms with E-state index >= 15 is 0 Å². The summed E-state index contributed by atoms with van der Waals surface area (Å²) in [5.74, 6) is 2.02. The molecule has 1 fully saturated rings. The molecule has 1 atom stereocenters. The predicted molar refractivity (Wildman–Crippen MR) is 109 cm³/mol. The summed E-state index contributed by atoms with van der Waals surface area (Å²) >= 11 is 0. The van der Waals surface area contributed by atoms with E-state index in [0.29, 0.717) is 24.2 Å². The number of hydrogen-bond donors (Lipinski definition) is 1. The van der Waals surface area contributed by atoms with Crippen LogP contribution in [0, 0.1) is 5.92 Å². The van der Waals surface area contributed by atoms with Gasteiger partial charge >= 0.3 is 0 Å². The van der Waals surface area contributed by atoms with Crippen LogP contribution in [0.1, 0.15) is 62.9 Å². The Morgan fingerprint density at radius 3 is 2.89 bits per heavy atom. The maximum absolute atomic E-state index is 12.6. The third-order valence-corrected chi connectivity index (χ3v) is 5.93. The number of aryl methyl sites for hydroxylation is 1. The minimum atomic E-state index is 0.305. The molecule has 1 amide bonds. The van der Waals surface area contributed by atoms with Crippen LogP contribution in [0.2, 0.25) is 0 Å². The number of nitrogens with zero attached hydrogens (tertiary/aromatic N) is 4. The van der Waals surface area contributed by atoms with E-state index in [0.717, 1.165) is 74.4 Å². The van der Waals surface area contributed by atoms with Crippen molar-refractivity contribution in [3.8, 4) is 11.3 Å². The molecular formula is C22H29N5O. The normalized spacial score (nSPS) is 20.0. The number of hydrogen-bond acceptors (Lipinski definition) is 4. The van der Waals surface area contributed by atoms with E-state index in [9.17, 15) is 4.79 Å². The van der Waals surface area contributed by atoms with Gasteiger partial charge in [-0.1, -0.05) is 19.1 Å². The number of carbonyl (C=O) groups is 1. The average Bonchev–Trinajstić information content (AvgIpc) is 3.40. The van der Waals surface area contributed by atoms with Crippen molar-refractivity contribution in [2.45, 2.75) is 57.8 Å². The Bertz CT molecular complexity index is 835. The number of nitrogens with one attached hydrogen (secondary N) is 1. The van der Waals surface area contributed by atoms with Gasteiger partial charge in [-0.2, -0.15) is 5.10 Å². The molecule has 2 aromatic heterocycles. The number of allylic oxidation sites excluding steroid dienone is 2. The first-order valence-corrected chi connectivity index (χ1v) is 10.5. The number of likely N-dealkylation sites (tertiary alicyclic amines) is 1. The van der Waals surface area contributed by atoms with Gasteiger partial charge in [0.05, 0.1) is 11.9 Å². The van der Waals surface area contributed by atoms with Crippen molar-refractivity contribution in [3.05, 3.63) is 42.1 Å². The summed E-state index contributed by atoms with van der Waals surface area (Å²) in [7, 11) is 0. The van der Waals surface area contributed by atoms with Gasteiger partial charge < -0.3 is 4.90 Å². The summed E-state index contributed by atoms with van der Waals surface area (Å²) in [6.07, 6.45) is 14.9. The van der Waals surface area contributed by atoms with E-state index in [2.05, 4.69) is 34.3 Å². The fourth-order valence-electron chi connectivity index (χ4n) is 4.34. The van der Waals surface area contributed by atoms with Gasteiger partial charge in [-0.15, -0.1) is 0 Å². The summed E-state index contributed by atoms with van der Waals surface area (Å²) < 4.78 is 0. The van der Waals surface area contributed by atoms with E-state index in [1.807, 2.05) is 23.4 Å². The minimum absolute atomic E-state index is 0.305. The van der Waals surface area contributed by atoms with Crippen molar-refractivity contribution in [2.75, 3.05) is 13.1 Å². The summed E-state index contributed by atoms with van der Waals surface area (Å²) in [6, 6.07) is 1.96. The number of amides is 1. The van der Waals surface area contributed by atoms with E-state index in [1.165, 1.54) is 0 Å². The molecule has 1 aliphatic carbocycles. The second kappa shape index (κ2) is 8.67. The van der Waals surface area contributed by atoms with Crippen LogP contribution in [0.4, 0.5) is 0 Å². The molecule has 2 aromatic rings. The van der Waals surface area contributed by atoms with Gasteiger partial charge in [-0.3, -0.25) is 9.89 Å². The van der Waals surface area contributed by atoms with Crippen LogP contribution >= 0.6 is 0 Å². The lowest BCUT2D eigenvalue weighted by molar-refractivity contribution is -0.132. The first-order valence-electron chi connectivity index (χ1n) is 10.5. The Morgan fingerprint density at radius 2 is 2.14 bits per heavy atom. The highest BCUT2D eigenvalue weighted by molar-refractivity contribution is 5.77. The molecule has 4 rings (SSSR count). The quantitative estimate of drug-likeness (QED) is 0.773. The summed E-state index contributed by atoms with van der Waals surface area (Å²) in [5.41, 5.74) is 3.15. The fourth-order valence-corrected chi connectivity index (χ4v) is 4.34. The van der Waals surface area contributed by atoms with Crippen LogP contribution in [-0.2, 0) is 11.2 Å². The molecule has 1 N–H and O–H groups in total. The third-order valence-electron chi connectivity index (χ3n) is 5.93. The highest BCUT2D eigenvalue weighted by Crippen LogP contribution is 2.33. The molecule has 6 nitrogen and oxygen atoms in total. The Hall–Kier alpha value is -2.50. The molecule has 1 saturated heterocycles. The number of piperidine rings is 1. The largest absolute Gasteiger partial charge is 0.343 e. The van der Waals surface area contributed by atoms with Crippen LogP contribution in [0.3, 0.4) is 0 Å². The van der Waals surface area contributed by atoms with Gasteiger partial charge in [0.1, 0.15) is 5.82 Å². The van der Waals surface area contributed by atoms with Gasteiger partial charge in [0.2, 0.25) is 5.91 Å². The Morgan fingerprint density at radius 1 is 1.29 bits per heavy atom. The molecule has 2 aliphatic rings. The van der Waals surface area contributed by atoms with Gasteiger partial charge in [-0.25, -0.2) is 9.97 Å². The van der Waals surface area contributed by atoms with Crippen LogP contribution in [-0.4, -0.2) is 44.1 Å². The monoisotopic (exact) mass is 379 g/mol. The number of aromatic amines is 1. The zero-order chi connectivity index (χ0) is 19.3. The Labute approximate surface area is 166 Å². The predicted octanol–water partition coefficient (Wildman–Crippen LogP) is 3.88. The van der Waals surface area contributed by atoms with Crippen molar-refractivity contribution in [2.24, 2.45) is 5.92 Å². The van der Waals surface area contributed by atoms with Crippen LogP contribution in [0.5, 0.6) is 0 Å². The molecule has 148 valence electrons. The van der Waals surface area contributed by atoms with Crippen molar-refractivity contribution >= 4 is 5.91 Å². The van der Waals surface area contributed by atoms with Gasteiger partial charge in [0, 0.05) is 49.3 Å². The Balaban J connectivity index is 1.40. The second-order valence-electron chi connectivity index (χ2n) is 7.93. The Kier molecular flexibility index (Phi) is 5.84. The number of rotatable bonds is 6. The standard InChI is InChI=1S/C22H29N5O/c1-2-5-20-23-11-8-19(25-20)18-15-24-26-22(18)17-9-12-27(13-10-17)21(28)14-16-6-3-4-7-16/h3,6,8,11,15-17H,2,4-5,7,9-10,12-14H2,1H3,(H,24,26)/t16-/m1/s1. The van der Waals surface area contributed by atoms with Gasteiger partial charge in [-0.05, 0) is 44.1 Å². The number of H-pyrrole nitrogens is 1. The molecule has 0 aromatic carbocycles. The molecule has 6 heteroatoms.